The molecule has 2 amide bonds. The molecule has 0 bridgehead atoms. The number of anilines is 1. The van der Waals surface area contributed by atoms with Crippen molar-refractivity contribution in [2.24, 2.45) is 11.3 Å². The second-order valence-electron chi connectivity index (χ2n) is 9.83. The summed E-state index contributed by atoms with van der Waals surface area (Å²) in [6.45, 7) is 1.78. The highest BCUT2D eigenvalue weighted by atomic mass is 19.1. The van der Waals surface area contributed by atoms with Gasteiger partial charge in [0, 0.05) is 30.8 Å². The van der Waals surface area contributed by atoms with Gasteiger partial charge in [-0.2, -0.15) is 0 Å². The van der Waals surface area contributed by atoms with Crippen LogP contribution in [0.15, 0.2) is 24.1 Å². The summed E-state index contributed by atoms with van der Waals surface area (Å²) in [7, 11) is 0. The molecule has 2 N–H and O–H groups in total. The molecule has 0 radical (unpaired) electrons. The van der Waals surface area contributed by atoms with Crippen LogP contribution in [-0.4, -0.2) is 43.5 Å². The molecule has 4 fully saturated rings. The number of rotatable bonds is 7. The Balaban J connectivity index is 1.09. The van der Waals surface area contributed by atoms with Crippen LogP contribution in [0.25, 0.3) is 0 Å². The number of piperidine rings is 1. The Hall–Kier alpha value is -2.86. The lowest BCUT2D eigenvalue weighted by Gasteiger charge is -2.54. The second kappa shape index (κ2) is 8.24. The third kappa shape index (κ3) is 3.99. The molecule has 1 spiro atoms. The maximum atomic E-state index is 14.7. The number of carbonyl (C=O) groups is 2. The molecule has 170 valence electrons. The number of hydrogen-bond donors (Lipinski definition) is 2. The standard InChI is InChI=1S/C24H28FN3O4/c25-20-8-17(2-3-18(20)19-4-5-21(30)27-23(19)31)28-11-16(12-28)26-22(13-29)32-14-15-9-24(10-15)6-1-7-24/h2-3,8,15-16,19,26H,1,4-7,9-12,14H2,(H,27,30,31). The molecule has 2 aliphatic heterocycles. The first-order chi connectivity index (χ1) is 15.4. The summed E-state index contributed by atoms with van der Waals surface area (Å²) < 4.78 is 20.4. The Labute approximate surface area is 186 Å². The van der Waals surface area contributed by atoms with Crippen LogP contribution in [-0.2, 0) is 19.1 Å². The third-order valence-corrected chi connectivity index (χ3v) is 7.59. The minimum absolute atomic E-state index is 0.0312. The van der Waals surface area contributed by atoms with Crippen LogP contribution in [0.1, 0.15) is 56.4 Å². The Bertz CT molecular complexity index is 971. The Morgan fingerprint density at radius 3 is 2.69 bits per heavy atom. The molecule has 7 nitrogen and oxygen atoms in total. The highest BCUT2D eigenvalue weighted by molar-refractivity contribution is 6.01. The molecule has 2 aliphatic carbocycles. The number of nitrogens with zero attached hydrogens (tertiary/aromatic N) is 1. The number of ether oxygens (including phenoxy) is 1. The van der Waals surface area contributed by atoms with Gasteiger partial charge in [-0.05, 0) is 55.6 Å². The van der Waals surface area contributed by atoms with Gasteiger partial charge >= 0.3 is 0 Å². The van der Waals surface area contributed by atoms with E-state index in [2.05, 4.69) is 10.6 Å². The number of imide groups is 1. The van der Waals surface area contributed by atoms with E-state index in [0.29, 0.717) is 43.0 Å². The van der Waals surface area contributed by atoms with Crippen LogP contribution in [0.2, 0.25) is 0 Å². The predicted octanol–water partition coefficient (Wildman–Crippen LogP) is 2.39. The number of halogens is 1. The molecular weight excluding hydrogens is 413 g/mol. The van der Waals surface area contributed by atoms with Crippen molar-refractivity contribution < 1.29 is 23.5 Å². The van der Waals surface area contributed by atoms with Crippen molar-refractivity contribution in [2.75, 3.05) is 24.6 Å². The zero-order chi connectivity index (χ0) is 22.3. The monoisotopic (exact) mass is 441 g/mol. The zero-order valence-corrected chi connectivity index (χ0v) is 18.0. The van der Waals surface area contributed by atoms with Gasteiger partial charge in [0.25, 0.3) is 5.88 Å². The smallest absolute Gasteiger partial charge is 0.275 e. The van der Waals surface area contributed by atoms with E-state index < -0.39 is 17.6 Å². The highest BCUT2D eigenvalue weighted by Gasteiger charge is 2.48. The predicted molar refractivity (Wildman–Crippen MR) is 115 cm³/mol. The lowest BCUT2D eigenvalue weighted by Crippen LogP contribution is -2.58. The summed E-state index contributed by atoms with van der Waals surface area (Å²) in [5.74, 6) is 0.701. The van der Waals surface area contributed by atoms with Gasteiger partial charge < -0.3 is 15.0 Å². The molecule has 5 rings (SSSR count). The van der Waals surface area contributed by atoms with Crippen LogP contribution in [0.5, 0.6) is 0 Å². The van der Waals surface area contributed by atoms with E-state index >= 15 is 0 Å². The topological polar surface area (TPSA) is 87.7 Å². The average molecular weight is 442 g/mol. The summed E-state index contributed by atoms with van der Waals surface area (Å²) in [5, 5.41) is 5.36. The molecule has 1 aromatic rings. The van der Waals surface area contributed by atoms with Gasteiger partial charge in [0.05, 0.1) is 18.6 Å². The maximum absolute atomic E-state index is 14.7. The molecule has 2 heterocycles. The van der Waals surface area contributed by atoms with Gasteiger partial charge in [-0.3, -0.25) is 14.9 Å². The number of nitrogens with one attached hydrogen (secondary N) is 2. The SMILES string of the molecule is O=C=C(NC1CN(c2ccc(C3CCC(=O)NC3=O)c(F)c2)C1)OCC1CC2(CCC2)C1. The van der Waals surface area contributed by atoms with Crippen LogP contribution >= 0.6 is 0 Å². The first-order valence-electron chi connectivity index (χ1n) is 11.5. The summed E-state index contributed by atoms with van der Waals surface area (Å²) in [4.78, 5) is 36.6. The number of benzene rings is 1. The number of carbonyl (C=O) groups excluding carboxylic acids is 3. The van der Waals surface area contributed by atoms with Gasteiger partial charge in [-0.15, -0.1) is 0 Å². The normalized spacial score (nSPS) is 24.7. The van der Waals surface area contributed by atoms with Gasteiger partial charge in [-0.25, -0.2) is 9.18 Å². The highest BCUT2D eigenvalue weighted by Crippen LogP contribution is 2.58. The van der Waals surface area contributed by atoms with Crippen LogP contribution in [0.4, 0.5) is 10.1 Å². The van der Waals surface area contributed by atoms with E-state index in [1.807, 2.05) is 10.8 Å². The summed E-state index contributed by atoms with van der Waals surface area (Å²) in [6.07, 6.45) is 6.96. The van der Waals surface area contributed by atoms with Crippen LogP contribution < -0.4 is 15.5 Å². The van der Waals surface area contributed by atoms with E-state index in [-0.39, 0.29) is 24.3 Å². The fraction of sp³-hybridized carbons (Fsp3) is 0.583. The summed E-state index contributed by atoms with van der Waals surface area (Å²) >= 11 is 0. The van der Waals surface area contributed by atoms with Gasteiger partial charge in [-0.1, -0.05) is 12.5 Å². The number of amides is 2. The van der Waals surface area contributed by atoms with Crippen LogP contribution in [0.3, 0.4) is 0 Å². The Morgan fingerprint density at radius 2 is 2.06 bits per heavy atom. The van der Waals surface area contributed by atoms with Crippen molar-refractivity contribution >= 4 is 23.4 Å². The van der Waals surface area contributed by atoms with Gasteiger partial charge in [0.15, 0.2) is 5.94 Å². The molecule has 32 heavy (non-hydrogen) atoms. The van der Waals surface area contributed by atoms with Crippen molar-refractivity contribution in [3.8, 4) is 0 Å². The van der Waals surface area contributed by atoms with E-state index in [1.54, 1.807) is 12.1 Å². The first-order valence-corrected chi connectivity index (χ1v) is 11.5. The molecule has 2 saturated carbocycles. The molecule has 4 aliphatic rings. The van der Waals surface area contributed by atoms with Gasteiger partial charge in [0.2, 0.25) is 11.8 Å². The lowest BCUT2D eigenvalue weighted by atomic mass is 9.52. The molecule has 2 saturated heterocycles. The second-order valence-corrected chi connectivity index (χ2v) is 9.83. The van der Waals surface area contributed by atoms with Crippen LogP contribution in [0, 0.1) is 17.2 Å². The summed E-state index contributed by atoms with van der Waals surface area (Å²) in [6, 6.07) is 4.87. The van der Waals surface area contributed by atoms with Crippen molar-refractivity contribution in [1.29, 1.82) is 0 Å². The fourth-order valence-corrected chi connectivity index (χ4v) is 5.62. The Morgan fingerprint density at radius 1 is 1.28 bits per heavy atom. The molecule has 0 aromatic heterocycles. The van der Waals surface area contributed by atoms with E-state index in [0.717, 1.165) is 5.69 Å². The van der Waals surface area contributed by atoms with Crippen molar-refractivity contribution in [3.05, 3.63) is 35.5 Å². The van der Waals surface area contributed by atoms with Crippen molar-refractivity contribution in [1.82, 2.24) is 10.6 Å². The minimum atomic E-state index is -0.639. The molecule has 1 atom stereocenters. The summed E-state index contributed by atoms with van der Waals surface area (Å²) in [5.41, 5.74) is 1.62. The Kier molecular flexibility index (Phi) is 5.41. The molecule has 8 heteroatoms. The van der Waals surface area contributed by atoms with Crippen molar-refractivity contribution in [2.45, 2.75) is 56.9 Å². The van der Waals surface area contributed by atoms with Gasteiger partial charge in [0.1, 0.15) is 5.82 Å². The molecule has 1 unspecified atom stereocenters. The first kappa shape index (κ1) is 21.0. The number of hydrogen-bond acceptors (Lipinski definition) is 6. The van der Waals surface area contributed by atoms with E-state index in [9.17, 15) is 18.8 Å². The average Bonchev–Trinajstić information content (AvgIpc) is 2.67. The largest absolute Gasteiger partial charge is 0.471 e. The molecule has 1 aromatic carbocycles. The minimum Gasteiger partial charge on any atom is -0.471 e. The molecular formula is C24H28FN3O4. The lowest BCUT2D eigenvalue weighted by molar-refractivity contribution is -0.134. The third-order valence-electron chi connectivity index (χ3n) is 7.59. The maximum Gasteiger partial charge on any atom is 0.275 e. The van der Waals surface area contributed by atoms with E-state index in [1.165, 1.54) is 38.2 Å². The zero-order valence-electron chi connectivity index (χ0n) is 18.0. The van der Waals surface area contributed by atoms with E-state index in [4.69, 9.17) is 4.74 Å². The fourth-order valence-electron chi connectivity index (χ4n) is 5.62. The quantitative estimate of drug-likeness (QED) is 0.384. The van der Waals surface area contributed by atoms with Crippen molar-refractivity contribution in [3.63, 3.8) is 0 Å².